The molecule has 0 bridgehead atoms. The summed E-state index contributed by atoms with van der Waals surface area (Å²) in [6.07, 6.45) is 1.96. The lowest BCUT2D eigenvalue weighted by Crippen LogP contribution is -2.34. The van der Waals surface area contributed by atoms with E-state index in [1.165, 1.54) is 5.69 Å². The molecule has 0 aliphatic rings. The van der Waals surface area contributed by atoms with E-state index in [0.29, 0.717) is 6.54 Å². The Kier molecular flexibility index (Phi) is 4.88. The normalized spacial score (nSPS) is 12.0. The van der Waals surface area contributed by atoms with Gasteiger partial charge in [-0.2, -0.15) is 5.10 Å². The molecule has 0 saturated heterocycles. The van der Waals surface area contributed by atoms with E-state index in [9.17, 15) is 0 Å². The Balaban J connectivity index is 2.03. The van der Waals surface area contributed by atoms with Gasteiger partial charge in [-0.3, -0.25) is 4.68 Å². The largest absolute Gasteiger partial charge is 0.463 e. The van der Waals surface area contributed by atoms with Crippen LogP contribution in [0.15, 0.2) is 22.6 Å². The van der Waals surface area contributed by atoms with Crippen molar-refractivity contribution in [1.29, 1.82) is 0 Å². The SMILES string of the molecule is CCc1cc(CC)n(Cc2ccc(CNC(C)(C)C)o2)n1. The van der Waals surface area contributed by atoms with Crippen LogP contribution in [0.3, 0.4) is 0 Å². The van der Waals surface area contributed by atoms with Crippen molar-refractivity contribution in [1.82, 2.24) is 15.1 Å². The maximum Gasteiger partial charge on any atom is 0.125 e. The van der Waals surface area contributed by atoms with E-state index in [4.69, 9.17) is 4.42 Å². The van der Waals surface area contributed by atoms with Crippen LogP contribution in [0.25, 0.3) is 0 Å². The van der Waals surface area contributed by atoms with Crippen molar-refractivity contribution in [2.24, 2.45) is 0 Å². The number of aryl methyl sites for hydroxylation is 2. The zero-order valence-corrected chi connectivity index (χ0v) is 13.9. The Morgan fingerprint density at radius 2 is 1.86 bits per heavy atom. The van der Waals surface area contributed by atoms with Crippen molar-refractivity contribution in [2.75, 3.05) is 0 Å². The minimum Gasteiger partial charge on any atom is -0.463 e. The number of furan rings is 1. The summed E-state index contributed by atoms with van der Waals surface area (Å²) in [7, 11) is 0. The summed E-state index contributed by atoms with van der Waals surface area (Å²) >= 11 is 0. The average Bonchev–Trinajstić information content (AvgIpc) is 3.02. The molecule has 0 fully saturated rings. The molecule has 21 heavy (non-hydrogen) atoms. The van der Waals surface area contributed by atoms with Crippen LogP contribution in [0.1, 0.15) is 57.5 Å². The van der Waals surface area contributed by atoms with Crippen LogP contribution >= 0.6 is 0 Å². The van der Waals surface area contributed by atoms with Gasteiger partial charge in [-0.25, -0.2) is 0 Å². The molecule has 0 aromatic carbocycles. The minimum absolute atomic E-state index is 0.0976. The van der Waals surface area contributed by atoms with Crippen LogP contribution in [0.4, 0.5) is 0 Å². The van der Waals surface area contributed by atoms with Gasteiger partial charge in [0.15, 0.2) is 0 Å². The second-order valence-corrected chi connectivity index (χ2v) is 6.46. The van der Waals surface area contributed by atoms with Crippen molar-refractivity contribution in [3.8, 4) is 0 Å². The molecule has 116 valence electrons. The minimum atomic E-state index is 0.0976. The van der Waals surface area contributed by atoms with Gasteiger partial charge >= 0.3 is 0 Å². The van der Waals surface area contributed by atoms with E-state index >= 15 is 0 Å². The second kappa shape index (κ2) is 6.48. The smallest absolute Gasteiger partial charge is 0.125 e. The molecule has 0 radical (unpaired) electrons. The van der Waals surface area contributed by atoms with E-state index in [-0.39, 0.29) is 5.54 Å². The highest BCUT2D eigenvalue weighted by Crippen LogP contribution is 2.14. The molecule has 0 aliphatic heterocycles. The lowest BCUT2D eigenvalue weighted by Gasteiger charge is -2.19. The molecule has 0 amide bonds. The number of rotatable bonds is 6. The Hall–Kier alpha value is -1.55. The quantitative estimate of drug-likeness (QED) is 0.884. The molecule has 2 rings (SSSR count). The highest BCUT2D eigenvalue weighted by molar-refractivity contribution is 5.13. The fraction of sp³-hybridized carbons (Fsp3) is 0.588. The topological polar surface area (TPSA) is 43.0 Å². The molecule has 0 unspecified atom stereocenters. The van der Waals surface area contributed by atoms with E-state index in [1.807, 2.05) is 12.1 Å². The van der Waals surface area contributed by atoms with Gasteiger partial charge in [-0.1, -0.05) is 13.8 Å². The Morgan fingerprint density at radius 3 is 2.48 bits per heavy atom. The number of aromatic nitrogens is 2. The van der Waals surface area contributed by atoms with Gasteiger partial charge in [0, 0.05) is 11.2 Å². The number of hydrogen-bond donors (Lipinski definition) is 1. The van der Waals surface area contributed by atoms with Crippen LogP contribution in [0.2, 0.25) is 0 Å². The third-order valence-electron chi connectivity index (χ3n) is 3.45. The van der Waals surface area contributed by atoms with Gasteiger partial charge in [0.2, 0.25) is 0 Å². The van der Waals surface area contributed by atoms with Crippen LogP contribution in [0.5, 0.6) is 0 Å². The molecule has 2 aromatic rings. The molecule has 0 saturated carbocycles. The summed E-state index contributed by atoms with van der Waals surface area (Å²) in [6.45, 7) is 12.2. The standard InChI is InChI=1S/C17H27N3O/c1-6-13-10-14(7-2)20(19-13)12-16-9-8-15(21-16)11-18-17(3,4)5/h8-10,18H,6-7,11-12H2,1-5H3. The predicted molar refractivity (Wildman–Crippen MR) is 85.4 cm³/mol. The summed E-state index contributed by atoms with van der Waals surface area (Å²) in [5.74, 6) is 1.93. The van der Waals surface area contributed by atoms with Crippen LogP contribution in [0, 0.1) is 0 Å². The first-order valence-corrected chi connectivity index (χ1v) is 7.79. The van der Waals surface area contributed by atoms with Gasteiger partial charge in [-0.15, -0.1) is 0 Å². The summed E-state index contributed by atoms with van der Waals surface area (Å²) < 4.78 is 7.96. The highest BCUT2D eigenvalue weighted by atomic mass is 16.3. The molecular weight excluding hydrogens is 262 g/mol. The first kappa shape index (κ1) is 15.8. The Labute approximate surface area is 127 Å². The molecular formula is C17H27N3O. The molecule has 0 spiro atoms. The Bertz CT molecular complexity index is 575. The van der Waals surface area contributed by atoms with E-state index in [2.05, 4.69) is 55.8 Å². The summed E-state index contributed by atoms with van der Waals surface area (Å²) in [6, 6.07) is 6.28. The molecule has 4 heteroatoms. The van der Waals surface area contributed by atoms with Gasteiger partial charge in [0.25, 0.3) is 0 Å². The lowest BCUT2D eigenvalue weighted by molar-refractivity contribution is 0.373. The first-order valence-electron chi connectivity index (χ1n) is 7.79. The number of nitrogens with one attached hydrogen (secondary N) is 1. The van der Waals surface area contributed by atoms with Crippen molar-refractivity contribution in [2.45, 2.75) is 66.1 Å². The zero-order valence-electron chi connectivity index (χ0n) is 13.9. The van der Waals surface area contributed by atoms with E-state index < -0.39 is 0 Å². The Morgan fingerprint density at radius 1 is 1.14 bits per heavy atom. The zero-order chi connectivity index (χ0) is 15.5. The van der Waals surface area contributed by atoms with Crippen molar-refractivity contribution >= 4 is 0 Å². The molecule has 2 aromatic heterocycles. The summed E-state index contributed by atoms with van der Waals surface area (Å²) in [5, 5.41) is 8.07. The third kappa shape index (κ3) is 4.46. The predicted octanol–water partition coefficient (Wildman–Crippen LogP) is 3.54. The highest BCUT2D eigenvalue weighted by Gasteiger charge is 2.12. The second-order valence-electron chi connectivity index (χ2n) is 6.46. The monoisotopic (exact) mass is 289 g/mol. The molecule has 0 aliphatic carbocycles. The maximum absolute atomic E-state index is 5.90. The fourth-order valence-corrected chi connectivity index (χ4v) is 2.21. The molecule has 4 nitrogen and oxygen atoms in total. The van der Waals surface area contributed by atoms with Gasteiger partial charge in [-0.05, 0) is 51.8 Å². The summed E-state index contributed by atoms with van der Waals surface area (Å²) in [5.41, 5.74) is 2.51. The van der Waals surface area contributed by atoms with Gasteiger partial charge in [0.05, 0.1) is 18.8 Å². The first-order chi connectivity index (χ1) is 9.91. The molecule has 2 heterocycles. The lowest BCUT2D eigenvalue weighted by atomic mass is 10.1. The summed E-state index contributed by atoms with van der Waals surface area (Å²) in [4.78, 5) is 0. The number of nitrogens with zero attached hydrogens (tertiary/aromatic N) is 2. The molecule has 0 atom stereocenters. The fourth-order valence-electron chi connectivity index (χ4n) is 2.21. The van der Waals surface area contributed by atoms with Crippen molar-refractivity contribution in [3.05, 3.63) is 41.1 Å². The van der Waals surface area contributed by atoms with Crippen molar-refractivity contribution in [3.63, 3.8) is 0 Å². The van der Waals surface area contributed by atoms with Crippen LogP contribution in [-0.4, -0.2) is 15.3 Å². The number of hydrogen-bond acceptors (Lipinski definition) is 3. The van der Waals surface area contributed by atoms with Gasteiger partial charge < -0.3 is 9.73 Å². The van der Waals surface area contributed by atoms with E-state index in [1.54, 1.807) is 0 Å². The van der Waals surface area contributed by atoms with Crippen LogP contribution in [-0.2, 0) is 25.9 Å². The third-order valence-corrected chi connectivity index (χ3v) is 3.45. The molecule has 1 N–H and O–H groups in total. The van der Waals surface area contributed by atoms with Gasteiger partial charge in [0.1, 0.15) is 11.5 Å². The van der Waals surface area contributed by atoms with E-state index in [0.717, 1.165) is 36.6 Å². The van der Waals surface area contributed by atoms with Crippen LogP contribution < -0.4 is 5.32 Å². The maximum atomic E-state index is 5.90. The average molecular weight is 289 g/mol. The van der Waals surface area contributed by atoms with Crippen molar-refractivity contribution < 1.29 is 4.42 Å².